The number of carbonyl (C=O) groups is 1. The van der Waals surface area contributed by atoms with Gasteiger partial charge in [-0.05, 0) is 12.3 Å². The molecule has 1 atom stereocenters. The number of nitrogens with zero attached hydrogens (tertiary/aromatic N) is 3. The van der Waals surface area contributed by atoms with E-state index in [9.17, 15) is 4.79 Å². The van der Waals surface area contributed by atoms with Gasteiger partial charge < -0.3 is 14.4 Å². The molecule has 0 spiro atoms. The van der Waals surface area contributed by atoms with Crippen molar-refractivity contribution in [1.29, 1.82) is 0 Å². The second-order valence-corrected chi connectivity index (χ2v) is 5.48. The first-order chi connectivity index (χ1) is 9.63. The van der Waals surface area contributed by atoms with Crippen LogP contribution in [-0.2, 0) is 13.0 Å². The van der Waals surface area contributed by atoms with Crippen LogP contribution in [0.4, 0.5) is 0 Å². The van der Waals surface area contributed by atoms with Crippen molar-refractivity contribution in [3.63, 3.8) is 0 Å². The van der Waals surface area contributed by atoms with Gasteiger partial charge in [0.25, 0.3) is 5.91 Å². The van der Waals surface area contributed by atoms with Crippen molar-refractivity contribution in [3.05, 3.63) is 35.7 Å². The smallest absolute Gasteiger partial charge is 0.290 e. The summed E-state index contributed by atoms with van der Waals surface area (Å²) in [6, 6.07) is 1.82. The number of aromatic nitrogens is 3. The molecule has 0 unspecified atom stereocenters. The summed E-state index contributed by atoms with van der Waals surface area (Å²) in [5.74, 6) is 1.42. The zero-order valence-electron chi connectivity index (χ0n) is 11.7. The number of rotatable bonds is 3. The van der Waals surface area contributed by atoms with Gasteiger partial charge in [0, 0.05) is 37.5 Å². The van der Waals surface area contributed by atoms with E-state index < -0.39 is 0 Å². The topological polar surface area (TPSA) is 73.0 Å². The van der Waals surface area contributed by atoms with Crippen molar-refractivity contribution < 1.29 is 9.32 Å². The van der Waals surface area contributed by atoms with Crippen molar-refractivity contribution in [2.75, 3.05) is 0 Å². The van der Waals surface area contributed by atoms with Gasteiger partial charge in [0.2, 0.25) is 5.76 Å². The first-order valence-electron chi connectivity index (χ1n) is 6.91. The lowest BCUT2D eigenvalue weighted by Gasteiger charge is -2.24. The number of amides is 1. The Balaban J connectivity index is 1.64. The summed E-state index contributed by atoms with van der Waals surface area (Å²) in [5.41, 5.74) is 0.802. The third-order valence-corrected chi connectivity index (χ3v) is 3.61. The Hall–Kier alpha value is -2.11. The molecule has 6 nitrogen and oxygen atoms in total. The quantitative estimate of drug-likeness (QED) is 0.925. The fourth-order valence-corrected chi connectivity index (χ4v) is 2.41. The van der Waals surface area contributed by atoms with E-state index in [1.807, 2.05) is 20.0 Å². The van der Waals surface area contributed by atoms with Gasteiger partial charge in [0.05, 0.1) is 5.69 Å². The van der Waals surface area contributed by atoms with Gasteiger partial charge in [-0.2, -0.15) is 0 Å². The third-order valence-electron chi connectivity index (χ3n) is 3.61. The molecule has 1 aliphatic heterocycles. The van der Waals surface area contributed by atoms with E-state index in [1.165, 1.54) is 0 Å². The van der Waals surface area contributed by atoms with Gasteiger partial charge in [-0.25, -0.2) is 4.98 Å². The molecule has 2 aromatic heterocycles. The fourth-order valence-electron chi connectivity index (χ4n) is 2.41. The molecule has 0 saturated heterocycles. The predicted octanol–water partition coefficient (Wildman–Crippen LogP) is 1.74. The average Bonchev–Trinajstić information content (AvgIpc) is 3.07. The number of nitrogens with one attached hydrogen (secondary N) is 1. The lowest BCUT2D eigenvalue weighted by molar-refractivity contribution is 0.0890. The maximum absolute atomic E-state index is 12.1. The van der Waals surface area contributed by atoms with Crippen molar-refractivity contribution in [2.24, 2.45) is 0 Å². The highest BCUT2D eigenvalue weighted by atomic mass is 16.5. The monoisotopic (exact) mass is 274 g/mol. The molecule has 2 aromatic rings. The Kier molecular flexibility index (Phi) is 3.30. The number of imidazole rings is 1. The molecule has 0 fully saturated rings. The lowest BCUT2D eigenvalue weighted by atomic mass is 10.1. The Bertz CT molecular complexity index is 614. The molecule has 106 valence electrons. The van der Waals surface area contributed by atoms with E-state index in [0.29, 0.717) is 0 Å². The summed E-state index contributed by atoms with van der Waals surface area (Å²) < 4.78 is 7.18. The van der Waals surface area contributed by atoms with E-state index in [0.717, 1.165) is 30.9 Å². The average molecular weight is 274 g/mol. The summed E-state index contributed by atoms with van der Waals surface area (Å²) in [6.45, 7) is 4.79. The molecule has 6 heteroatoms. The molecule has 0 bridgehead atoms. The Labute approximate surface area is 117 Å². The maximum Gasteiger partial charge on any atom is 0.290 e. The molecule has 0 radical (unpaired) electrons. The number of hydrogen-bond donors (Lipinski definition) is 1. The molecule has 1 amide bonds. The Morgan fingerprint density at radius 3 is 3.15 bits per heavy atom. The molecule has 1 N–H and O–H groups in total. The van der Waals surface area contributed by atoms with E-state index in [2.05, 4.69) is 20.0 Å². The van der Waals surface area contributed by atoms with Crippen LogP contribution in [0.2, 0.25) is 0 Å². The van der Waals surface area contributed by atoms with Crippen LogP contribution < -0.4 is 5.32 Å². The number of carbonyl (C=O) groups excluding carboxylic acids is 1. The van der Waals surface area contributed by atoms with Crippen molar-refractivity contribution in [2.45, 2.75) is 45.2 Å². The van der Waals surface area contributed by atoms with Gasteiger partial charge in [-0.1, -0.05) is 19.0 Å². The van der Waals surface area contributed by atoms with Crippen LogP contribution in [0.1, 0.15) is 48.3 Å². The van der Waals surface area contributed by atoms with Crippen LogP contribution in [0.3, 0.4) is 0 Å². The second-order valence-electron chi connectivity index (χ2n) is 5.48. The van der Waals surface area contributed by atoms with Crippen LogP contribution in [0, 0.1) is 0 Å². The highest BCUT2D eigenvalue weighted by molar-refractivity contribution is 5.91. The SMILES string of the molecule is CC(C)c1cc(C(=O)N[C@@H]2CCc3nccn3C2)on1. The predicted molar refractivity (Wildman–Crippen MR) is 72.4 cm³/mol. The minimum Gasteiger partial charge on any atom is -0.351 e. The highest BCUT2D eigenvalue weighted by Gasteiger charge is 2.22. The van der Waals surface area contributed by atoms with Crippen LogP contribution in [0.25, 0.3) is 0 Å². The van der Waals surface area contributed by atoms with Crippen molar-refractivity contribution >= 4 is 5.91 Å². The molecular weight excluding hydrogens is 256 g/mol. The number of aryl methyl sites for hydroxylation is 1. The molecular formula is C14H18N4O2. The first-order valence-corrected chi connectivity index (χ1v) is 6.91. The molecule has 3 rings (SSSR count). The fraction of sp³-hybridized carbons (Fsp3) is 0.500. The molecule has 20 heavy (non-hydrogen) atoms. The van der Waals surface area contributed by atoms with Crippen LogP contribution >= 0.6 is 0 Å². The molecule has 0 aliphatic carbocycles. The van der Waals surface area contributed by atoms with Crippen molar-refractivity contribution in [1.82, 2.24) is 20.0 Å². The molecule has 1 aliphatic rings. The lowest BCUT2D eigenvalue weighted by Crippen LogP contribution is -2.40. The van der Waals surface area contributed by atoms with Gasteiger partial charge >= 0.3 is 0 Å². The minimum absolute atomic E-state index is 0.108. The van der Waals surface area contributed by atoms with Gasteiger partial charge in [-0.15, -0.1) is 0 Å². The standard InChI is InChI=1S/C14H18N4O2/c1-9(2)11-7-12(20-17-11)14(19)16-10-3-4-13-15-5-6-18(13)8-10/h5-7,9-10H,3-4,8H2,1-2H3,(H,16,19)/t10-/m1/s1. The Morgan fingerprint density at radius 1 is 1.55 bits per heavy atom. The van der Waals surface area contributed by atoms with E-state index >= 15 is 0 Å². The first kappa shape index (κ1) is 12.9. The molecule has 0 aromatic carbocycles. The molecule has 3 heterocycles. The summed E-state index contributed by atoms with van der Waals surface area (Å²) in [4.78, 5) is 16.4. The Morgan fingerprint density at radius 2 is 2.40 bits per heavy atom. The van der Waals surface area contributed by atoms with Gasteiger partial charge in [0.15, 0.2) is 0 Å². The maximum atomic E-state index is 12.1. The number of fused-ring (bicyclic) bond motifs is 1. The number of hydrogen-bond acceptors (Lipinski definition) is 4. The zero-order valence-corrected chi connectivity index (χ0v) is 11.7. The summed E-state index contributed by atoms with van der Waals surface area (Å²) in [6.07, 6.45) is 5.52. The van der Waals surface area contributed by atoms with Crippen LogP contribution in [-0.4, -0.2) is 26.7 Å². The van der Waals surface area contributed by atoms with Gasteiger partial charge in [-0.3, -0.25) is 4.79 Å². The highest BCUT2D eigenvalue weighted by Crippen LogP contribution is 2.16. The summed E-state index contributed by atoms with van der Waals surface area (Å²) >= 11 is 0. The largest absolute Gasteiger partial charge is 0.351 e. The third kappa shape index (κ3) is 2.45. The summed E-state index contributed by atoms with van der Waals surface area (Å²) in [7, 11) is 0. The van der Waals surface area contributed by atoms with Crippen molar-refractivity contribution in [3.8, 4) is 0 Å². The summed E-state index contributed by atoms with van der Waals surface area (Å²) in [5, 5.41) is 6.90. The van der Waals surface area contributed by atoms with E-state index in [-0.39, 0.29) is 23.6 Å². The van der Waals surface area contributed by atoms with E-state index in [1.54, 1.807) is 12.3 Å². The van der Waals surface area contributed by atoms with Gasteiger partial charge in [0.1, 0.15) is 5.82 Å². The van der Waals surface area contributed by atoms with Crippen LogP contribution in [0.5, 0.6) is 0 Å². The molecule has 0 saturated carbocycles. The minimum atomic E-state index is -0.196. The zero-order chi connectivity index (χ0) is 14.1. The van der Waals surface area contributed by atoms with E-state index in [4.69, 9.17) is 4.52 Å². The van der Waals surface area contributed by atoms with Crippen LogP contribution in [0.15, 0.2) is 23.0 Å². The normalized spacial score (nSPS) is 18.1. The second kappa shape index (κ2) is 5.11.